The summed E-state index contributed by atoms with van der Waals surface area (Å²) >= 11 is 1.25. The standard InChI is InChI=1S/C14H17NO3S2/c1-9-4-5-12(6-10(9)2)15-20(17,18)14-11(3)8-19-13(14)7-16/h4-6,8,15-16H,7H2,1-3H3. The minimum Gasteiger partial charge on any atom is -0.391 e. The van der Waals surface area contributed by atoms with Crippen LogP contribution in [0.3, 0.4) is 0 Å². The zero-order chi connectivity index (χ0) is 14.9. The van der Waals surface area contributed by atoms with E-state index in [4.69, 9.17) is 0 Å². The summed E-state index contributed by atoms with van der Waals surface area (Å²) < 4.78 is 27.5. The number of sulfonamides is 1. The average Bonchev–Trinajstić information content (AvgIpc) is 2.75. The summed E-state index contributed by atoms with van der Waals surface area (Å²) in [6.07, 6.45) is 0. The minimum absolute atomic E-state index is 0.184. The maximum atomic E-state index is 12.4. The van der Waals surface area contributed by atoms with Gasteiger partial charge in [0.15, 0.2) is 0 Å². The summed E-state index contributed by atoms with van der Waals surface area (Å²) in [5.74, 6) is 0. The van der Waals surface area contributed by atoms with Gasteiger partial charge in [-0.25, -0.2) is 8.42 Å². The Bertz CT molecular complexity index is 733. The third-order valence-corrected chi connectivity index (χ3v) is 5.99. The molecule has 2 aromatic rings. The molecule has 0 aliphatic carbocycles. The van der Waals surface area contributed by atoms with Crippen LogP contribution >= 0.6 is 11.3 Å². The lowest BCUT2D eigenvalue weighted by molar-refractivity contribution is 0.282. The summed E-state index contributed by atoms with van der Waals surface area (Å²) in [7, 11) is -3.67. The van der Waals surface area contributed by atoms with Gasteiger partial charge in [-0.1, -0.05) is 6.07 Å². The van der Waals surface area contributed by atoms with Gasteiger partial charge in [0.2, 0.25) is 0 Å². The Balaban J connectivity index is 2.40. The third-order valence-electron chi connectivity index (χ3n) is 3.16. The Hall–Kier alpha value is -1.37. The number of aliphatic hydroxyl groups is 1. The summed E-state index contributed by atoms with van der Waals surface area (Å²) in [5, 5.41) is 11.0. The molecular formula is C14H17NO3S2. The fraction of sp³-hybridized carbons (Fsp3) is 0.286. The van der Waals surface area contributed by atoms with E-state index in [0.29, 0.717) is 16.1 Å². The number of anilines is 1. The highest BCUT2D eigenvalue weighted by Gasteiger charge is 2.22. The van der Waals surface area contributed by atoms with Gasteiger partial charge in [0, 0.05) is 5.69 Å². The van der Waals surface area contributed by atoms with Crippen LogP contribution in [-0.2, 0) is 16.6 Å². The zero-order valence-corrected chi connectivity index (χ0v) is 13.2. The van der Waals surface area contributed by atoms with Crippen LogP contribution in [0.2, 0.25) is 0 Å². The lowest BCUT2D eigenvalue weighted by atomic mass is 10.1. The van der Waals surface area contributed by atoms with E-state index < -0.39 is 10.0 Å². The Morgan fingerprint density at radius 2 is 1.85 bits per heavy atom. The van der Waals surface area contributed by atoms with E-state index in [1.165, 1.54) is 11.3 Å². The fourth-order valence-corrected chi connectivity index (χ4v) is 4.68. The highest BCUT2D eigenvalue weighted by atomic mass is 32.2. The average molecular weight is 311 g/mol. The van der Waals surface area contributed by atoms with Gasteiger partial charge in [-0.05, 0) is 55.0 Å². The Kier molecular flexibility index (Phi) is 4.17. The van der Waals surface area contributed by atoms with Crippen molar-refractivity contribution in [1.82, 2.24) is 0 Å². The highest BCUT2D eigenvalue weighted by Crippen LogP contribution is 2.29. The number of hydrogen-bond donors (Lipinski definition) is 2. The van der Waals surface area contributed by atoms with E-state index in [1.54, 1.807) is 24.4 Å². The van der Waals surface area contributed by atoms with Gasteiger partial charge in [0.25, 0.3) is 10.0 Å². The quantitative estimate of drug-likeness (QED) is 0.912. The summed E-state index contributed by atoms with van der Waals surface area (Å²) in [6.45, 7) is 5.36. The van der Waals surface area contributed by atoms with Gasteiger partial charge >= 0.3 is 0 Å². The van der Waals surface area contributed by atoms with E-state index >= 15 is 0 Å². The van der Waals surface area contributed by atoms with Crippen molar-refractivity contribution < 1.29 is 13.5 Å². The topological polar surface area (TPSA) is 66.4 Å². The molecule has 6 heteroatoms. The normalized spacial score (nSPS) is 11.6. The molecule has 0 amide bonds. The molecule has 0 atom stereocenters. The van der Waals surface area contributed by atoms with E-state index in [2.05, 4.69) is 4.72 Å². The van der Waals surface area contributed by atoms with Crippen molar-refractivity contribution in [2.75, 3.05) is 4.72 Å². The third kappa shape index (κ3) is 2.87. The molecule has 20 heavy (non-hydrogen) atoms. The number of aliphatic hydroxyl groups excluding tert-OH is 1. The maximum Gasteiger partial charge on any atom is 0.263 e. The number of rotatable bonds is 4. The first-order valence-electron chi connectivity index (χ1n) is 6.13. The molecule has 1 heterocycles. The minimum atomic E-state index is -3.67. The first kappa shape index (κ1) is 15.0. The number of nitrogens with one attached hydrogen (secondary N) is 1. The van der Waals surface area contributed by atoms with Crippen LogP contribution in [0.4, 0.5) is 5.69 Å². The molecule has 2 rings (SSSR count). The van der Waals surface area contributed by atoms with E-state index in [-0.39, 0.29) is 11.5 Å². The van der Waals surface area contributed by atoms with Crippen molar-refractivity contribution in [3.8, 4) is 0 Å². The molecule has 0 saturated heterocycles. The van der Waals surface area contributed by atoms with Crippen LogP contribution in [0.5, 0.6) is 0 Å². The summed E-state index contributed by atoms with van der Waals surface area (Å²) in [6, 6.07) is 5.41. The molecule has 0 aliphatic heterocycles. The monoisotopic (exact) mass is 311 g/mol. The molecule has 0 saturated carbocycles. The van der Waals surface area contributed by atoms with Crippen molar-refractivity contribution in [3.05, 3.63) is 45.1 Å². The van der Waals surface area contributed by atoms with Crippen LogP contribution in [0.1, 0.15) is 21.6 Å². The Morgan fingerprint density at radius 3 is 2.45 bits per heavy atom. The molecule has 2 N–H and O–H groups in total. The van der Waals surface area contributed by atoms with Crippen molar-refractivity contribution >= 4 is 27.0 Å². The molecule has 1 aromatic carbocycles. The lowest BCUT2D eigenvalue weighted by Crippen LogP contribution is -2.15. The van der Waals surface area contributed by atoms with Crippen molar-refractivity contribution in [1.29, 1.82) is 0 Å². The molecular weight excluding hydrogens is 294 g/mol. The molecule has 0 bridgehead atoms. The second-order valence-electron chi connectivity index (χ2n) is 4.73. The Morgan fingerprint density at radius 1 is 1.15 bits per heavy atom. The number of hydrogen-bond acceptors (Lipinski definition) is 4. The van der Waals surface area contributed by atoms with Crippen LogP contribution in [-0.4, -0.2) is 13.5 Å². The molecule has 4 nitrogen and oxygen atoms in total. The lowest BCUT2D eigenvalue weighted by Gasteiger charge is -2.11. The molecule has 0 aliphatic rings. The van der Waals surface area contributed by atoms with E-state index in [1.807, 2.05) is 19.9 Å². The smallest absolute Gasteiger partial charge is 0.263 e. The molecule has 0 radical (unpaired) electrons. The van der Waals surface area contributed by atoms with Gasteiger partial charge in [0.1, 0.15) is 4.90 Å². The van der Waals surface area contributed by atoms with Crippen LogP contribution in [0.15, 0.2) is 28.5 Å². The number of aryl methyl sites for hydroxylation is 3. The van der Waals surface area contributed by atoms with Crippen molar-refractivity contribution in [2.24, 2.45) is 0 Å². The zero-order valence-electron chi connectivity index (χ0n) is 11.6. The largest absolute Gasteiger partial charge is 0.391 e. The Labute approximate surface area is 123 Å². The number of benzene rings is 1. The highest BCUT2D eigenvalue weighted by molar-refractivity contribution is 7.93. The second-order valence-corrected chi connectivity index (χ2v) is 7.32. The maximum absolute atomic E-state index is 12.4. The van der Waals surface area contributed by atoms with Crippen molar-refractivity contribution in [2.45, 2.75) is 32.3 Å². The predicted octanol–water partition coefficient (Wildman–Crippen LogP) is 2.97. The predicted molar refractivity (Wildman–Crippen MR) is 81.7 cm³/mol. The van der Waals surface area contributed by atoms with Crippen LogP contribution in [0, 0.1) is 20.8 Å². The van der Waals surface area contributed by atoms with Crippen LogP contribution < -0.4 is 4.72 Å². The molecule has 0 spiro atoms. The first-order chi connectivity index (χ1) is 9.35. The van der Waals surface area contributed by atoms with Gasteiger partial charge < -0.3 is 5.11 Å². The molecule has 0 fully saturated rings. The SMILES string of the molecule is Cc1ccc(NS(=O)(=O)c2c(C)csc2CO)cc1C. The number of thiophene rings is 1. The van der Waals surface area contributed by atoms with Crippen LogP contribution in [0.25, 0.3) is 0 Å². The van der Waals surface area contributed by atoms with Gasteiger partial charge in [-0.2, -0.15) is 0 Å². The molecule has 0 unspecified atom stereocenters. The van der Waals surface area contributed by atoms with Gasteiger partial charge in [-0.3, -0.25) is 4.72 Å². The van der Waals surface area contributed by atoms with Gasteiger partial charge in [-0.15, -0.1) is 11.3 Å². The van der Waals surface area contributed by atoms with Crippen molar-refractivity contribution in [3.63, 3.8) is 0 Å². The summed E-state index contributed by atoms with van der Waals surface area (Å²) in [4.78, 5) is 0.641. The molecule has 108 valence electrons. The van der Waals surface area contributed by atoms with Gasteiger partial charge in [0.05, 0.1) is 11.5 Å². The molecule has 1 aromatic heterocycles. The van der Waals surface area contributed by atoms with E-state index in [9.17, 15) is 13.5 Å². The fourth-order valence-electron chi connectivity index (χ4n) is 1.97. The first-order valence-corrected chi connectivity index (χ1v) is 8.49. The summed E-state index contributed by atoms with van der Waals surface area (Å²) in [5.41, 5.74) is 3.31. The second kappa shape index (κ2) is 5.55. The van der Waals surface area contributed by atoms with E-state index in [0.717, 1.165) is 11.1 Å².